The van der Waals surface area contributed by atoms with Crippen LogP contribution in [0.2, 0.25) is 0 Å². The first-order valence-corrected chi connectivity index (χ1v) is 9.86. The van der Waals surface area contributed by atoms with Gasteiger partial charge in [0.25, 0.3) is 0 Å². The van der Waals surface area contributed by atoms with Crippen LogP contribution in [0.15, 0.2) is 53.7 Å². The van der Waals surface area contributed by atoms with Crippen molar-refractivity contribution in [3.8, 4) is 11.4 Å². The van der Waals surface area contributed by atoms with Crippen molar-refractivity contribution in [3.63, 3.8) is 0 Å². The summed E-state index contributed by atoms with van der Waals surface area (Å²) in [7, 11) is 1.59. The number of benzene rings is 2. The van der Waals surface area contributed by atoms with Gasteiger partial charge in [-0.25, -0.2) is 0 Å². The van der Waals surface area contributed by atoms with E-state index in [2.05, 4.69) is 46.8 Å². The van der Waals surface area contributed by atoms with E-state index >= 15 is 0 Å². The lowest BCUT2D eigenvalue weighted by Crippen LogP contribution is -2.22. The molecular weight excluding hydrogens is 374 g/mol. The molecule has 8 heteroatoms. The fraction of sp³-hybridized carbons (Fsp3) is 0.300. The molecule has 0 bridgehead atoms. The van der Waals surface area contributed by atoms with E-state index < -0.39 is 0 Å². The van der Waals surface area contributed by atoms with Crippen LogP contribution in [0.4, 0.5) is 5.69 Å². The largest absolute Gasteiger partial charge is 0.497 e. The molecule has 0 aliphatic rings. The quantitative estimate of drug-likeness (QED) is 0.609. The average Bonchev–Trinajstić information content (AvgIpc) is 3.16. The van der Waals surface area contributed by atoms with Crippen molar-refractivity contribution in [3.05, 3.63) is 54.1 Å². The number of nitrogens with one attached hydrogen (secondary N) is 1. The minimum Gasteiger partial charge on any atom is -0.497 e. The number of amides is 1. The van der Waals surface area contributed by atoms with Gasteiger partial charge < -0.3 is 10.1 Å². The van der Waals surface area contributed by atoms with Gasteiger partial charge in [0.2, 0.25) is 11.1 Å². The zero-order valence-electron chi connectivity index (χ0n) is 16.3. The number of aromatic nitrogens is 4. The van der Waals surface area contributed by atoms with E-state index in [1.54, 1.807) is 17.9 Å². The van der Waals surface area contributed by atoms with Crippen molar-refractivity contribution < 1.29 is 9.53 Å². The van der Waals surface area contributed by atoms with Crippen molar-refractivity contribution >= 4 is 23.4 Å². The monoisotopic (exact) mass is 397 g/mol. The summed E-state index contributed by atoms with van der Waals surface area (Å²) in [6, 6.07) is 15.3. The highest BCUT2D eigenvalue weighted by Gasteiger charge is 2.19. The maximum absolute atomic E-state index is 12.6. The van der Waals surface area contributed by atoms with Gasteiger partial charge in [-0.3, -0.25) is 4.79 Å². The normalized spacial score (nSPS) is 12.0. The summed E-state index contributed by atoms with van der Waals surface area (Å²) in [5.41, 5.74) is 2.79. The molecule has 0 spiro atoms. The van der Waals surface area contributed by atoms with Crippen molar-refractivity contribution in [2.75, 3.05) is 12.4 Å². The summed E-state index contributed by atoms with van der Waals surface area (Å²) < 4.78 is 6.83. The van der Waals surface area contributed by atoms with Crippen LogP contribution in [0, 0.1) is 0 Å². The Morgan fingerprint density at radius 3 is 2.57 bits per heavy atom. The van der Waals surface area contributed by atoms with Gasteiger partial charge in [0.15, 0.2) is 0 Å². The third-order valence-electron chi connectivity index (χ3n) is 4.23. The van der Waals surface area contributed by atoms with Gasteiger partial charge in [0.1, 0.15) is 5.75 Å². The Morgan fingerprint density at radius 1 is 1.14 bits per heavy atom. The van der Waals surface area contributed by atoms with Crippen molar-refractivity contribution in [1.82, 2.24) is 20.2 Å². The lowest BCUT2D eigenvalue weighted by Gasteiger charge is -2.12. The Kier molecular flexibility index (Phi) is 6.30. The second-order valence-electron chi connectivity index (χ2n) is 6.60. The number of hydrogen-bond donors (Lipinski definition) is 1. The number of rotatable bonds is 7. The van der Waals surface area contributed by atoms with Gasteiger partial charge in [-0.2, -0.15) is 4.68 Å². The summed E-state index contributed by atoms with van der Waals surface area (Å²) in [4.78, 5) is 12.6. The van der Waals surface area contributed by atoms with Crippen LogP contribution < -0.4 is 10.1 Å². The maximum atomic E-state index is 12.6. The molecule has 28 heavy (non-hydrogen) atoms. The zero-order valence-corrected chi connectivity index (χ0v) is 17.1. The van der Waals surface area contributed by atoms with Crippen molar-refractivity contribution in [2.24, 2.45) is 0 Å². The van der Waals surface area contributed by atoms with Crippen LogP contribution in [0.25, 0.3) is 5.69 Å². The molecule has 0 radical (unpaired) electrons. The fourth-order valence-electron chi connectivity index (χ4n) is 2.57. The molecule has 1 amide bonds. The molecule has 1 N–H and O–H groups in total. The number of anilines is 1. The topological polar surface area (TPSA) is 81.9 Å². The van der Waals surface area contributed by atoms with Crippen LogP contribution in [0.5, 0.6) is 5.75 Å². The Hall–Kier alpha value is -2.87. The second-order valence-corrected chi connectivity index (χ2v) is 7.91. The summed E-state index contributed by atoms with van der Waals surface area (Å²) >= 11 is 1.30. The Balaban J connectivity index is 1.70. The number of thioether (sulfide) groups is 1. The molecule has 146 valence electrons. The highest BCUT2D eigenvalue weighted by atomic mass is 32.2. The smallest absolute Gasteiger partial charge is 0.237 e. The Bertz CT molecular complexity index is 940. The first-order chi connectivity index (χ1) is 13.5. The molecular formula is C20H23N5O2S. The molecule has 3 aromatic rings. The van der Waals surface area contributed by atoms with E-state index in [0.29, 0.717) is 22.5 Å². The van der Waals surface area contributed by atoms with Gasteiger partial charge in [-0.1, -0.05) is 43.8 Å². The van der Waals surface area contributed by atoms with Gasteiger partial charge in [-0.05, 0) is 53.1 Å². The van der Waals surface area contributed by atoms with Gasteiger partial charge in [-0.15, -0.1) is 5.10 Å². The molecule has 3 rings (SSSR count). The SMILES string of the molecule is COc1cccc(NC(=O)[C@H](C)Sc2nnnn2-c2ccc(C(C)C)cc2)c1. The standard InChI is InChI=1S/C20H23N5O2S/c1-13(2)15-8-10-17(11-9-15)25-20(22-23-24-25)28-14(3)19(26)21-16-6-5-7-18(12-16)27-4/h5-14H,1-4H3,(H,21,26)/t14-/m0/s1. The molecule has 0 unspecified atom stereocenters. The third-order valence-corrected chi connectivity index (χ3v) is 5.27. The number of carbonyl (C=O) groups excluding carboxylic acids is 1. The van der Waals surface area contributed by atoms with Gasteiger partial charge >= 0.3 is 0 Å². The third kappa shape index (κ3) is 4.69. The molecule has 1 heterocycles. The summed E-state index contributed by atoms with van der Waals surface area (Å²) in [5, 5.41) is 15.0. The number of ether oxygens (including phenoxy) is 1. The predicted molar refractivity (Wildman–Crippen MR) is 110 cm³/mol. The second kappa shape index (κ2) is 8.88. The predicted octanol–water partition coefficient (Wildman–Crippen LogP) is 3.91. The molecule has 0 saturated carbocycles. The van der Waals surface area contributed by atoms with Crippen LogP contribution in [0.1, 0.15) is 32.3 Å². The fourth-order valence-corrected chi connectivity index (χ4v) is 3.38. The molecule has 1 aromatic heterocycles. The average molecular weight is 398 g/mol. The highest BCUT2D eigenvalue weighted by molar-refractivity contribution is 8.00. The van der Waals surface area contributed by atoms with Gasteiger partial charge in [0, 0.05) is 11.8 Å². The molecule has 1 atom stereocenters. The van der Waals surface area contributed by atoms with E-state index in [1.165, 1.54) is 17.3 Å². The minimum absolute atomic E-state index is 0.136. The molecule has 7 nitrogen and oxygen atoms in total. The number of tetrazole rings is 1. The number of methoxy groups -OCH3 is 1. The van der Waals surface area contributed by atoms with E-state index in [0.717, 1.165) is 5.69 Å². The van der Waals surface area contributed by atoms with Crippen molar-refractivity contribution in [2.45, 2.75) is 37.1 Å². The Labute approximate surface area is 168 Å². The minimum atomic E-state index is -0.383. The summed E-state index contributed by atoms with van der Waals surface area (Å²) in [5.74, 6) is 1.01. The first kappa shape index (κ1) is 19.9. The zero-order chi connectivity index (χ0) is 20.1. The van der Waals surface area contributed by atoms with Crippen LogP contribution in [0.3, 0.4) is 0 Å². The maximum Gasteiger partial charge on any atom is 0.237 e. The number of nitrogens with zero attached hydrogens (tertiary/aromatic N) is 4. The first-order valence-electron chi connectivity index (χ1n) is 8.98. The van der Waals surface area contributed by atoms with E-state index in [9.17, 15) is 4.79 Å². The van der Waals surface area contributed by atoms with E-state index in [1.807, 2.05) is 37.3 Å². The highest BCUT2D eigenvalue weighted by Crippen LogP contribution is 2.25. The van der Waals surface area contributed by atoms with Crippen LogP contribution >= 0.6 is 11.8 Å². The van der Waals surface area contributed by atoms with Gasteiger partial charge in [0.05, 0.1) is 18.0 Å². The van der Waals surface area contributed by atoms with Crippen molar-refractivity contribution in [1.29, 1.82) is 0 Å². The lowest BCUT2D eigenvalue weighted by atomic mass is 10.0. The molecule has 2 aromatic carbocycles. The molecule has 0 aliphatic carbocycles. The lowest BCUT2D eigenvalue weighted by molar-refractivity contribution is -0.115. The van der Waals surface area contributed by atoms with E-state index in [-0.39, 0.29) is 11.2 Å². The molecule has 0 fully saturated rings. The summed E-state index contributed by atoms with van der Waals surface area (Å²) in [6.07, 6.45) is 0. The molecule has 0 aliphatic heterocycles. The van der Waals surface area contributed by atoms with Crippen LogP contribution in [-0.4, -0.2) is 38.5 Å². The number of carbonyl (C=O) groups is 1. The van der Waals surface area contributed by atoms with E-state index in [4.69, 9.17) is 4.74 Å². The summed E-state index contributed by atoms with van der Waals surface area (Å²) in [6.45, 7) is 6.12. The Morgan fingerprint density at radius 2 is 1.89 bits per heavy atom. The number of hydrogen-bond acceptors (Lipinski definition) is 6. The molecule has 0 saturated heterocycles. The van der Waals surface area contributed by atoms with Crippen LogP contribution in [-0.2, 0) is 4.79 Å².